The molecule has 3 N–H and O–H groups in total. The van der Waals surface area contributed by atoms with Gasteiger partial charge in [0.15, 0.2) is 17.5 Å². The number of halogens is 4. The van der Waals surface area contributed by atoms with Gasteiger partial charge >= 0.3 is 5.97 Å². The van der Waals surface area contributed by atoms with Gasteiger partial charge in [0.25, 0.3) is 0 Å². The van der Waals surface area contributed by atoms with E-state index in [1.54, 1.807) is 18.3 Å². The molecular weight excluding hydrogens is 590 g/mol. The molecular formula is C30H23F4N3O5S. The molecule has 5 aromatic rings. The van der Waals surface area contributed by atoms with Gasteiger partial charge in [0.1, 0.15) is 22.3 Å². The predicted molar refractivity (Wildman–Crippen MR) is 147 cm³/mol. The fourth-order valence-corrected chi connectivity index (χ4v) is 6.92. The number of nitrogens with one attached hydrogen (secondary N) is 2. The van der Waals surface area contributed by atoms with E-state index in [9.17, 15) is 22.0 Å². The quantitative estimate of drug-likeness (QED) is 0.117. The third-order valence-corrected chi connectivity index (χ3v) is 9.63. The molecule has 0 saturated heterocycles. The first-order chi connectivity index (χ1) is 20.4. The Hall–Kier alpha value is -4.65. The first kappa shape index (κ1) is 28.5. The van der Waals surface area contributed by atoms with Crippen molar-refractivity contribution in [1.82, 2.24) is 15.0 Å². The molecule has 0 saturated carbocycles. The Morgan fingerprint density at radius 2 is 1.86 bits per heavy atom. The van der Waals surface area contributed by atoms with Gasteiger partial charge in [-0.05, 0) is 49.6 Å². The van der Waals surface area contributed by atoms with E-state index in [1.165, 1.54) is 0 Å². The van der Waals surface area contributed by atoms with E-state index in [4.69, 9.17) is 9.84 Å². The number of carbonyl (C=O) groups is 1. The van der Waals surface area contributed by atoms with Crippen LogP contribution < -0.4 is 4.74 Å². The number of benzene rings is 3. The van der Waals surface area contributed by atoms with Crippen LogP contribution >= 0.6 is 0 Å². The lowest BCUT2D eigenvalue weighted by atomic mass is 9.74. The zero-order chi connectivity index (χ0) is 30.7. The summed E-state index contributed by atoms with van der Waals surface area (Å²) in [5.74, 6) is -6.23. The number of nitrogens with zero attached hydrogens (tertiary/aromatic N) is 1. The molecule has 6 rings (SSSR count). The summed E-state index contributed by atoms with van der Waals surface area (Å²) < 4.78 is 92.5. The van der Waals surface area contributed by atoms with Crippen molar-refractivity contribution in [2.75, 3.05) is 6.61 Å². The highest BCUT2D eigenvalue weighted by molar-refractivity contribution is 7.91. The minimum absolute atomic E-state index is 0.0472. The monoisotopic (exact) mass is 613 g/mol. The zero-order valence-corrected chi connectivity index (χ0v) is 23.3. The summed E-state index contributed by atoms with van der Waals surface area (Å²) in [7, 11) is -4.99. The van der Waals surface area contributed by atoms with Crippen molar-refractivity contribution in [1.29, 1.82) is 0 Å². The minimum Gasteiger partial charge on any atom is -0.493 e. The largest absolute Gasteiger partial charge is 0.493 e. The number of aryl methyl sites for hydroxylation is 1. The number of rotatable bonds is 7. The molecule has 0 radical (unpaired) electrons. The van der Waals surface area contributed by atoms with Gasteiger partial charge in [0.05, 0.1) is 28.3 Å². The summed E-state index contributed by atoms with van der Waals surface area (Å²) in [6.45, 7) is 2.21. The molecule has 1 atom stereocenters. The maximum Gasteiger partial charge on any atom is 0.303 e. The van der Waals surface area contributed by atoms with Crippen LogP contribution in [0.4, 0.5) is 17.6 Å². The molecule has 0 spiro atoms. The van der Waals surface area contributed by atoms with Crippen LogP contribution in [0.5, 0.6) is 5.75 Å². The standard InChI is InChI=1S/C30H23F4N3O5S/c1-30(10-12-42-27-15(5-8-22(38)39)3-2-4-19(27)30)21-14-36-29(37-21)18-13-16(6-7-20(18)31)43(40,41)28-23(32)17-9-11-35-26(17)24(33)25(28)34/h2-4,6-7,9,11,13-14,35H,5,8,10,12H2,1H3,(H,36,37)(H,38,39)/t30-/m1/s1. The van der Waals surface area contributed by atoms with Gasteiger partial charge in [-0.2, -0.15) is 0 Å². The van der Waals surface area contributed by atoms with Crippen LogP contribution in [-0.2, 0) is 26.5 Å². The van der Waals surface area contributed by atoms with Gasteiger partial charge in [-0.15, -0.1) is 0 Å². The van der Waals surface area contributed by atoms with Gasteiger partial charge in [-0.1, -0.05) is 18.2 Å². The Morgan fingerprint density at radius 1 is 1.07 bits per heavy atom. The zero-order valence-electron chi connectivity index (χ0n) is 22.5. The lowest BCUT2D eigenvalue weighted by Crippen LogP contribution is -2.32. The van der Waals surface area contributed by atoms with E-state index in [0.717, 1.165) is 41.6 Å². The number of aliphatic carboxylic acids is 1. The van der Waals surface area contributed by atoms with E-state index in [-0.39, 0.29) is 24.2 Å². The maximum atomic E-state index is 15.2. The van der Waals surface area contributed by atoms with E-state index in [0.29, 0.717) is 24.5 Å². The molecule has 2 aromatic heterocycles. The van der Waals surface area contributed by atoms with E-state index >= 15 is 8.78 Å². The molecule has 1 aliphatic rings. The molecule has 43 heavy (non-hydrogen) atoms. The molecule has 3 heterocycles. The number of carboxylic acids is 1. The molecule has 8 nitrogen and oxygen atoms in total. The van der Waals surface area contributed by atoms with Crippen molar-refractivity contribution in [3.05, 3.63) is 94.9 Å². The Bertz CT molecular complexity index is 2040. The number of sulfone groups is 1. The number of fused-ring (bicyclic) bond motifs is 2. The van der Waals surface area contributed by atoms with E-state index in [2.05, 4.69) is 15.0 Å². The van der Waals surface area contributed by atoms with Crippen molar-refractivity contribution in [3.63, 3.8) is 0 Å². The van der Waals surface area contributed by atoms with Crippen LogP contribution in [0.2, 0.25) is 0 Å². The lowest BCUT2D eigenvalue weighted by Gasteiger charge is -2.35. The van der Waals surface area contributed by atoms with Crippen molar-refractivity contribution >= 4 is 26.7 Å². The van der Waals surface area contributed by atoms with Crippen LogP contribution in [-0.4, -0.2) is 41.1 Å². The highest BCUT2D eigenvalue weighted by Gasteiger charge is 2.38. The number of hydrogen-bond donors (Lipinski definition) is 3. The first-order valence-corrected chi connectivity index (χ1v) is 14.6. The van der Waals surface area contributed by atoms with Gasteiger partial charge in [-0.3, -0.25) is 4.79 Å². The van der Waals surface area contributed by atoms with Crippen molar-refractivity contribution in [2.24, 2.45) is 0 Å². The Morgan fingerprint density at radius 3 is 2.63 bits per heavy atom. The summed E-state index contributed by atoms with van der Waals surface area (Å²) in [5.41, 5.74) is 0.407. The SMILES string of the molecule is C[C@@]1(c2c[nH]c(-c3cc(S(=O)(=O)c4c(F)c(F)c5[nH]ccc5c4F)ccc3F)n2)CCOc2c(CCC(=O)O)cccc21. The second-order valence-electron chi connectivity index (χ2n) is 10.4. The molecule has 1 aliphatic heterocycles. The second-order valence-corrected chi connectivity index (χ2v) is 12.3. The van der Waals surface area contributed by atoms with Crippen molar-refractivity contribution in [2.45, 2.75) is 41.4 Å². The fourth-order valence-electron chi connectivity index (χ4n) is 5.50. The van der Waals surface area contributed by atoms with Gasteiger partial charge in [0.2, 0.25) is 9.84 Å². The summed E-state index contributed by atoms with van der Waals surface area (Å²) in [6.07, 6.45) is 3.35. The first-order valence-electron chi connectivity index (χ1n) is 13.1. The van der Waals surface area contributed by atoms with Gasteiger partial charge in [0, 0.05) is 35.2 Å². The van der Waals surface area contributed by atoms with Crippen LogP contribution in [0.25, 0.3) is 22.3 Å². The number of ether oxygens (including phenoxy) is 1. The normalized spacial score (nSPS) is 16.7. The van der Waals surface area contributed by atoms with Crippen LogP contribution in [0.1, 0.15) is 36.6 Å². The lowest BCUT2D eigenvalue weighted by molar-refractivity contribution is -0.136. The van der Waals surface area contributed by atoms with Crippen molar-refractivity contribution in [3.8, 4) is 17.1 Å². The average Bonchev–Trinajstić information content (AvgIpc) is 3.67. The van der Waals surface area contributed by atoms with Crippen LogP contribution in [0.3, 0.4) is 0 Å². The Kier molecular flexibility index (Phi) is 6.79. The highest BCUT2D eigenvalue weighted by Crippen LogP contribution is 2.45. The molecule has 3 aromatic carbocycles. The molecule has 0 unspecified atom stereocenters. The third kappa shape index (κ3) is 4.54. The minimum atomic E-state index is -4.99. The average molecular weight is 614 g/mol. The highest BCUT2D eigenvalue weighted by atomic mass is 32.2. The summed E-state index contributed by atoms with van der Waals surface area (Å²) in [4.78, 5) is 18.7. The number of carboxylic acid groups (broad SMARTS) is 1. The number of hydrogen-bond acceptors (Lipinski definition) is 5. The topological polar surface area (TPSA) is 125 Å². The van der Waals surface area contributed by atoms with E-state index in [1.807, 2.05) is 13.0 Å². The summed E-state index contributed by atoms with van der Waals surface area (Å²) in [5, 5.41) is 8.67. The maximum absolute atomic E-state index is 15.2. The van der Waals surface area contributed by atoms with Crippen molar-refractivity contribution < 1.29 is 40.6 Å². The molecule has 13 heteroatoms. The predicted octanol–water partition coefficient (Wildman–Crippen LogP) is 6.05. The smallest absolute Gasteiger partial charge is 0.303 e. The molecule has 0 bridgehead atoms. The van der Waals surface area contributed by atoms with Crippen LogP contribution in [0.15, 0.2) is 64.6 Å². The summed E-state index contributed by atoms with van der Waals surface area (Å²) in [6, 6.07) is 9.04. The Balaban J connectivity index is 1.41. The fraction of sp³-hybridized carbons (Fsp3) is 0.200. The van der Waals surface area contributed by atoms with Gasteiger partial charge < -0.3 is 19.8 Å². The Labute approximate surface area is 242 Å². The van der Waals surface area contributed by atoms with Gasteiger partial charge in [-0.25, -0.2) is 31.0 Å². The van der Waals surface area contributed by atoms with Crippen LogP contribution in [0, 0.1) is 23.3 Å². The second kappa shape index (κ2) is 10.3. The third-order valence-electron chi connectivity index (χ3n) is 7.86. The number of imidazole rings is 1. The van der Waals surface area contributed by atoms with E-state index < -0.39 is 65.2 Å². The number of aromatic amines is 2. The molecule has 222 valence electrons. The number of para-hydroxylation sites is 1. The molecule has 0 amide bonds. The molecule has 0 aliphatic carbocycles. The number of aromatic nitrogens is 3. The summed E-state index contributed by atoms with van der Waals surface area (Å²) >= 11 is 0. The molecule has 0 fully saturated rings. The number of H-pyrrole nitrogens is 2.